The number of hydrogen-bond donors (Lipinski definition) is 7. The lowest BCUT2D eigenvalue weighted by molar-refractivity contribution is -0.142. The Kier molecular flexibility index (Phi) is 10.1. The van der Waals surface area contributed by atoms with E-state index in [4.69, 9.17) is 22.3 Å². The van der Waals surface area contributed by atoms with Crippen molar-refractivity contribution in [1.29, 1.82) is 0 Å². The minimum absolute atomic E-state index is 0.0984. The Balaban J connectivity index is 4.83. The van der Waals surface area contributed by atoms with E-state index < -0.39 is 42.5 Å². The zero-order chi connectivity index (χ0) is 19.6. The Morgan fingerprint density at radius 3 is 2.16 bits per heavy atom. The molecule has 10 N–H and O–H groups in total. The molecule has 0 aromatic carbocycles. The van der Waals surface area contributed by atoms with Gasteiger partial charge in [-0.1, -0.05) is 13.8 Å². The second kappa shape index (κ2) is 11.2. The molecule has 0 spiro atoms. The quantitative estimate of drug-likeness (QED) is 0.115. The average Bonchev–Trinajstić information content (AvgIpc) is 2.53. The molecule has 2 amide bonds. The van der Waals surface area contributed by atoms with Crippen LogP contribution in [0.3, 0.4) is 0 Å². The van der Waals surface area contributed by atoms with E-state index in [-0.39, 0.29) is 24.8 Å². The van der Waals surface area contributed by atoms with Crippen LogP contribution in [0.15, 0.2) is 4.99 Å². The number of carboxylic acids is 1. The first-order valence-corrected chi connectivity index (χ1v) is 7.85. The van der Waals surface area contributed by atoms with Gasteiger partial charge in [0.15, 0.2) is 5.96 Å². The highest BCUT2D eigenvalue weighted by atomic mass is 16.4. The number of hydrogen-bond acceptors (Lipinski definition) is 6. The molecule has 0 bridgehead atoms. The molecule has 25 heavy (non-hydrogen) atoms. The van der Waals surface area contributed by atoms with E-state index >= 15 is 0 Å². The molecule has 0 aliphatic heterocycles. The number of aliphatic carboxylic acids is 1. The molecule has 144 valence electrons. The lowest BCUT2D eigenvalue weighted by Gasteiger charge is -2.25. The molecular formula is C14H28N6O5. The number of carboxylic acid groups (broad SMARTS) is 1. The summed E-state index contributed by atoms with van der Waals surface area (Å²) in [6, 6.07) is -3.29. The number of aliphatic hydroxyl groups excluding tert-OH is 1. The van der Waals surface area contributed by atoms with E-state index in [0.29, 0.717) is 6.42 Å². The molecule has 0 radical (unpaired) electrons. The van der Waals surface area contributed by atoms with Gasteiger partial charge in [-0.15, -0.1) is 0 Å². The summed E-state index contributed by atoms with van der Waals surface area (Å²) in [7, 11) is 0. The highest BCUT2D eigenvalue weighted by Gasteiger charge is 2.29. The summed E-state index contributed by atoms with van der Waals surface area (Å²) < 4.78 is 0. The van der Waals surface area contributed by atoms with Gasteiger partial charge in [0.05, 0.1) is 6.61 Å². The highest BCUT2D eigenvalue weighted by Crippen LogP contribution is 2.05. The van der Waals surface area contributed by atoms with Gasteiger partial charge >= 0.3 is 5.97 Å². The molecule has 0 heterocycles. The van der Waals surface area contributed by atoms with Gasteiger partial charge < -0.3 is 38.0 Å². The molecule has 0 saturated heterocycles. The van der Waals surface area contributed by atoms with Crippen LogP contribution < -0.4 is 27.8 Å². The summed E-state index contributed by atoms with van der Waals surface area (Å²) in [6.45, 7) is 3.03. The zero-order valence-corrected chi connectivity index (χ0v) is 14.4. The average molecular weight is 360 g/mol. The maximum absolute atomic E-state index is 12.3. The monoisotopic (exact) mass is 360 g/mol. The van der Waals surface area contributed by atoms with Crippen LogP contribution in [0.1, 0.15) is 26.7 Å². The fourth-order valence-corrected chi connectivity index (χ4v) is 1.90. The SMILES string of the molecule is CC(C)[C@H](NC(=O)[C@@H](N)CO)C(=O)N[C@@H](CCCN=C(N)N)C(=O)O. The summed E-state index contributed by atoms with van der Waals surface area (Å²) in [6.07, 6.45) is 0.468. The lowest BCUT2D eigenvalue weighted by Crippen LogP contribution is -2.56. The van der Waals surface area contributed by atoms with Crippen molar-refractivity contribution in [2.45, 2.75) is 44.8 Å². The van der Waals surface area contributed by atoms with Gasteiger partial charge in [-0.3, -0.25) is 14.6 Å². The van der Waals surface area contributed by atoms with Crippen molar-refractivity contribution in [3.8, 4) is 0 Å². The van der Waals surface area contributed by atoms with Crippen LogP contribution in [0.25, 0.3) is 0 Å². The van der Waals surface area contributed by atoms with Gasteiger partial charge in [0.25, 0.3) is 0 Å². The largest absolute Gasteiger partial charge is 0.480 e. The van der Waals surface area contributed by atoms with Crippen LogP contribution in [0, 0.1) is 5.92 Å². The van der Waals surface area contributed by atoms with Crippen LogP contribution in [-0.2, 0) is 14.4 Å². The second-order valence-electron chi connectivity index (χ2n) is 5.87. The molecule has 11 heteroatoms. The van der Waals surface area contributed by atoms with Crippen molar-refractivity contribution in [1.82, 2.24) is 10.6 Å². The molecule has 11 nitrogen and oxygen atoms in total. The summed E-state index contributed by atoms with van der Waals surface area (Å²) in [4.78, 5) is 39.1. The molecule has 0 aromatic heterocycles. The summed E-state index contributed by atoms with van der Waals surface area (Å²) in [5.74, 6) is -2.97. The van der Waals surface area contributed by atoms with Crippen LogP contribution in [0.5, 0.6) is 0 Å². The molecule has 0 fully saturated rings. The number of carbonyl (C=O) groups is 3. The maximum Gasteiger partial charge on any atom is 0.326 e. The van der Waals surface area contributed by atoms with Crippen molar-refractivity contribution in [2.24, 2.45) is 28.1 Å². The van der Waals surface area contributed by atoms with Crippen molar-refractivity contribution in [2.75, 3.05) is 13.2 Å². The Bertz CT molecular complexity index is 492. The fraction of sp³-hybridized carbons (Fsp3) is 0.714. The molecular weight excluding hydrogens is 332 g/mol. The van der Waals surface area contributed by atoms with Gasteiger partial charge in [-0.05, 0) is 18.8 Å². The first-order chi connectivity index (χ1) is 11.6. The summed E-state index contributed by atoms with van der Waals surface area (Å²) in [5, 5.41) is 22.9. The van der Waals surface area contributed by atoms with Crippen molar-refractivity contribution in [3.63, 3.8) is 0 Å². The van der Waals surface area contributed by atoms with Crippen LogP contribution >= 0.6 is 0 Å². The van der Waals surface area contributed by atoms with E-state index in [0.717, 1.165) is 0 Å². The molecule has 0 aliphatic rings. The molecule has 0 aliphatic carbocycles. The number of nitrogens with two attached hydrogens (primary N) is 3. The van der Waals surface area contributed by atoms with E-state index in [1.165, 1.54) is 0 Å². The number of amides is 2. The number of nitrogens with one attached hydrogen (secondary N) is 2. The molecule has 0 aromatic rings. The minimum atomic E-state index is -1.21. The first kappa shape index (κ1) is 22.6. The second-order valence-corrected chi connectivity index (χ2v) is 5.87. The van der Waals surface area contributed by atoms with Gasteiger partial charge in [0.2, 0.25) is 11.8 Å². The van der Waals surface area contributed by atoms with E-state index in [1.807, 2.05) is 0 Å². The molecule has 0 saturated carbocycles. The highest BCUT2D eigenvalue weighted by molar-refractivity contribution is 5.91. The zero-order valence-electron chi connectivity index (χ0n) is 14.4. The van der Waals surface area contributed by atoms with Gasteiger partial charge in [0, 0.05) is 6.54 Å². The Morgan fingerprint density at radius 1 is 1.12 bits per heavy atom. The Hall–Kier alpha value is -2.40. The number of guanidine groups is 1. The van der Waals surface area contributed by atoms with Crippen LogP contribution in [-0.4, -0.2) is 65.2 Å². The van der Waals surface area contributed by atoms with Crippen LogP contribution in [0.2, 0.25) is 0 Å². The Morgan fingerprint density at radius 2 is 1.72 bits per heavy atom. The third-order valence-electron chi connectivity index (χ3n) is 3.34. The smallest absolute Gasteiger partial charge is 0.326 e. The topological polar surface area (TPSA) is 206 Å². The molecule has 3 atom stereocenters. The lowest BCUT2D eigenvalue weighted by atomic mass is 10.0. The maximum atomic E-state index is 12.3. The minimum Gasteiger partial charge on any atom is -0.480 e. The third kappa shape index (κ3) is 8.86. The fourth-order valence-electron chi connectivity index (χ4n) is 1.90. The van der Waals surface area contributed by atoms with Gasteiger partial charge in [-0.2, -0.15) is 0 Å². The third-order valence-corrected chi connectivity index (χ3v) is 3.34. The van der Waals surface area contributed by atoms with Crippen molar-refractivity contribution >= 4 is 23.7 Å². The van der Waals surface area contributed by atoms with Crippen LogP contribution in [0.4, 0.5) is 0 Å². The van der Waals surface area contributed by atoms with E-state index in [2.05, 4.69) is 15.6 Å². The van der Waals surface area contributed by atoms with Crippen molar-refractivity contribution < 1.29 is 24.6 Å². The number of aliphatic hydroxyl groups is 1. The van der Waals surface area contributed by atoms with E-state index in [9.17, 15) is 19.5 Å². The number of aliphatic imine (C=N–C) groups is 1. The standard InChI is InChI=1S/C14H28N6O5/c1-7(2)10(20-11(22)8(15)6-21)12(23)19-9(13(24)25)4-3-5-18-14(16)17/h7-10,21H,3-6,15H2,1-2H3,(H,19,23)(H,20,22)(H,24,25)(H4,16,17,18)/t8-,9-,10-/m0/s1. The molecule has 0 unspecified atom stereocenters. The predicted molar refractivity (Wildman–Crippen MR) is 91.3 cm³/mol. The number of rotatable bonds is 11. The Labute approximate surface area is 146 Å². The molecule has 0 rings (SSSR count). The van der Waals surface area contributed by atoms with E-state index in [1.54, 1.807) is 13.8 Å². The normalized spacial score (nSPS) is 14.3. The summed E-state index contributed by atoms with van der Waals surface area (Å²) >= 11 is 0. The van der Waals surface area contributed by atoms with Crippen molar-refractivity contribution in [3.05, 3.63) is 0 Å². The number of nitrogens with zero attached hydrogens (tertiary/aromatic N) is 1. The number of carbonyl (C=O) groups excluding carboxylic acids is 2. The van der Waals surface area contributed by atoms with Gasteiger partial charge in [0.1, 0.15) is 18.1 Å². The summed E-state index contributed by atoms with van der Waals surface area (Å²) in [5.41, 5.74) is 15.8. The predicted octanol–water partition coefficient (Wildman–Crippen LogP) is -2.93. The first-order valence-electron chi connectivity index (χ1n) is 7.85. The van der Waals surface area contributed by atoms with Gasteiger partial charge in [-0.25, -0.2) is 4.79 Å².